The molecular formula is C8H17NO2. The molecule has 0 aromatic heterocycles. The normalized spacial score (nSPS) is 14.3. The lowest BCUT2D eigenvalue weighted by atomic mass is 9.85. The number of hydrogen-bond acceptors (Lipinski definition) is 3. The summed E-state index contributed by atoms with van der Waals surface area (Å²) in [5.41, 5.74) is 5.69. The molecule has 0 rings (SSSR count). The molecule has 0 fully saturated rings. The van der Waals surface area contributed by atoms with Crippen molar-refractivity contribution < 1.29 is 9.53 Å². The van der Waals surface area contributed by atoms with Gasteiger partial charge in [0.2, 0.25) is 0 Å². The van der Waals surface area contributed by atoms with E-state index in [9.17, 15) is 4.79 Å². The fraction of sp³-hybridized carbons (Fsp3) is 0.875. The molecule has 11 heavy (non-hydrogen) atoms. The van der Waals surface area contributed by atoms with Crippen molar-refractivity contribution in [3.63, 3.8) is 0 Å². The van der Waals surface area contributed by atoms with Crippen LogP contribution >= 0.6 is 0 Å². The van der Waals surface area contributed by atoms with Crippen molar-refractivity contribution in [2.24, 2.45) is 11.1 Å². The van der Waals surface area contributed by atoms with Crippen molar-refractivity contribution in [2.45, 2.75) is 33.2 Å². The second-order valence-electron chi connectivity index (χ2n) is 3.75. The first kappa shape index (κ1) is 10.4. The van der Waals surface area contributed by atoms with E-state index >= 15 is 0 Å². The summed E-state index contributed by atoms with van der Waals surface area (Å²) in [4.78, 5) is 10.8. The second-order valence-corrected chi connectivity index (χ2v) is 3.75. The van der Waals surface area contributed by atoms with E-state index in [1.54, 1.807) is 0 Å². The predicted molar refractivity (Wildman–Crippen MR) is 44.1 cm³/mol. The van der Waals surface area contributed by atoms with Crippen LogP contribution in [0.3, 0.4) is 0 Å². The smallest absolute Gasteiger partial charge is 0.307 e. The molecule has 0 saturated heterocycles. The minimum atomic E-state index is -0.243. The average molecular weight is 159 g/mol. The first-order valence-corrected chi connectivity index (χ1v) is 3.70. The Labute approximate surface area is 67.9 Å². The third kappa shape index (κ3) is 3.98. The summed E-state index contributed by atoms with van der Waals surface area (Å²) < 4.78 is 4.50. The summed E-state index contributed by atoms with van der Waals surface area (Å²) in [6.45, 7) is 6.00. The Balaban J connectivity index is 3.87. The van der Waals surface area contributed by atoms with E-state index in [1.165, 1.54) is 7.11 Å². The van der Waals surface area contributed by atoms with Crippen LogP contribution in [0.5, 0.6) is 0 Å². The highest BCUT2D eigenvalue weighted by molar-refractivity contribution is 5.69. The molecule has 0 aliphatic carbocycles. The zero-order valence-corrected chi connectivity index (χ0v) is 7.68. The third-order valence-corrected chi connectivity index (χ3v) is 1.73. The molecule has 0 aromatic rings. The van der Waals surface area contributed by atoms with Gasteiger partial charge in [-0.25, -0.2) is 0 Å². The molecule has 1 unspecified atom stereocenters. The van der Waals surface area contributed by atoms with Crippen molar-refractivity contribution in [1.29, 1.82) is 0 Å². The highest BCUT2D eigenvalue weighted by atomic mass is 16.5. The maximum absolute atomic E-state index is 10.8. The Bertz CT molecular complexity index is 138. The minimum Gasteiger partial charge on any atom is -0.469 e. The van der Waals surface area contributed by atoms with Crippen LogP contribution in [0.1, 0.15) is 27.2 Å². The maximum atomic E-state index is 10.8. The van der Waals surface area contributed by atoms with Gasteiger partial charge in [-0.15, -0.1) is 0 Å². The number of carbonyl (C=O) groups is 1. The van der Waals surface area contributed by atoms with Crippen LogP contribution in [0, 0.1) is 5.41 Å². The largest absolute Gasteiger partial charge is 0.469 e. The molecule has 0 radical (unpaired) electrons. The zero-order chi connectivity index (χ0) is 9.07. The van der Waals surface area contributed by atoms with Crippen LogP contribution in [-0.2, 0) is 9.53 Å². The quantitative estimate of drug-likeness (QED) is 0.610. The maximum Gasteiger partial charge on any atom is 0.307 e. The first-order chi connectivity index (χ1) is 4.88. The number of ether oxygens (including phenoxy) is 1. The summed E-state index contributed by atoms with van der Waals surface area (Å²) in [5, 5.41) is 0. The third-order valence-electron chi connectivity index (χ3n) is 1.73. The topological polar surface area (TPSA) is 52.3 Å². The summed E-state index contributed by atoms with van der Waals surface area (Å²) in [7, 11) is 1.37. The lowest BCUT2D eigenvalue weighted by Crippen LogP contribution is -2.37. The molecule has 0 bridgehead atoms. The van der Waals surface area contributed by atoms with Crippen molar-refractivity contribution in [2.75, 3.05) is 7.11 Å². The molecule has 0 saturated carbocycles. The fourth-order valence-corrected chi connectivity index (χ4v) is 0.569. The Morgan fingerprint density at radius 2 is 2.00 bits per heavy atom. The Hall–Kier alpha value is -0.570. The van der Waals surface area contributed by atoms with Crippen molar-refractivity contribution in [3.8, 4) is 0 Å². The van der Waals surface area contributed by atoms with E-state index in [0.29, 0.717) is 6.42 Å². The highest BCUT2D eigenvalue weighted by Gasteiger charge is 2.23. The van der Waals surface area contributed by atoms with E-state index in [-0.39, 0.29) is 17.4 Å². The van der Waals surface area contributed by atoms with Gasteiger partial charge in [0.25, 0.3) is 0 Å². The standard InChI is InChI=1S/C8H17NO2/c1-8(2,3)6(9)5-7(10)11-4/h6H,5,9H2,1-4H3. The fourth-order valence-electron chi connectivity index (χ4n) is 0.569. The van der Waals surface area contributed by atoms with Crippen molar-refractivity contribution in [3.05, 3.63) is 0 Å². The van der Waals surface area contributed by atoms with E-state index in [0.717, 1.165) is 0 Å². The minimum absolute atomic E-state index is 0.0335. The average Bonchev–Trinajstić information content (AvgIpc) is 1.85. The van der Waals surface area contributed by atoms with Gasteiger partial charge in [0.05, 0.1) is 13.5 Å². The van der Waals surface area contributed by atoms with Gasteiger partial charge in [0, 0.05) is 6.04 Å². The molecule has 0 heterocycles. The Kier molecular flexibility index (Phi) is 3.52. The second kappa shape index (κ2) is 3.72. The zero-order valence-electron chi connectivity index (χ0n) is 7.68. The van der Waals surface area contributed by atoms with Gasteiger partial charge in [0.1, 0.15) is 0 Å². The van der Waals surface area contributed by atoms with Gasteiger partial charge >= 0.3 is 5.97 Å². The number of esters is 1. The molecule has 3 heteroatoms. The number of methoxy groups -OCH3 is 1. The molecule has 0 aromatic carbocycles. The van der Waals surface area contributed by atoms with E-state index in [1.807, 2.05) is 20.8 Å². The predicted octanol–water partition coefficient (Wildman–Crippen LogP) is 0.923. The van der Waals surface area contributed by atoms with Crippen LogP contribution in [0.25, 0.3) is 0 Å². The molecule has 0 aliphatic heterocycles. The summed E-state index contributed by atoms with van der Waals surface area (Å²) in [5.74, 6) is -0.243. The first-order valence-electron chi connectivity index (χ1n) is 3.70. The van der Waals surface area contributed by atoms with Crippen LogP contribution < -0.4 is 5.73 Å². The van der Waals surface area contributed by atoms with Gasteiger partial charge in [-0.2, -0.15) is 0 Å². The van der Waals surface area contributed by atoms with Gasteiger partial charge in [0.15, 0.2) is 0 Å². The van der Waals surface area contributed by atoms with Crippen LogP contribution in [0.2, 0.25) is 0 Å². The van der Waals surface area contributed by atoms with Crippen molar-refractivity contribution >= 4 is 5.97 Å². The SMILES string of the molecule is COC(=O)CC(N)C(C)(C)C. The van der Waals surface area contributed by atoms with Gasteiger partial charge in [-0.3, -0.25) is 4.79 Å². The van der Waals surface area contributed by atoms with Crippen LogP contribution in [0.4, 0.5) is 0 Å². The molecule has 3 nitrogen and oxygen atoms in total. The number of rotatable bonds is 2. The Morgan fingerprint density at radius 1 is 1.55 bits per heavy atom. The van der Waals surface area contributed by atoms with E-state index in [4.69, 9.17) is 5.73 Å². The van der Waals surface area contributed by atoms with Gasteiger partial charge < -0.3 is 10.5 Å². The van der Waals surface area contributed by atoms with Gasteiger partial charge in [-0.1, -0.05) is 20.8 Å². The van der Waals surface area contributed by atoms with Crippen LogP contribution in [-0.4, -0.2) is 19.1 Å². The lowest BCUT2D eigenvalue weighted by Gasteiger charge is -2.25. The molecular weight excluding hydrogens is 142 g/mol. The number of carbonyl (C=O) groups excluding carboxylic acids is 1. The van der Waals surface area contributed by atoms with E-state index < -0.39 is 0 Å². The van der Waals surface area contributed by atoms with Crippen molar-refractivity contribution in [1.82, 2.24) is 0 Å². The summed E-state index contributed by atoms with van der Waals surface area (Å²) in [6.07, 6.45) is 0.292. The monoisotopic (exact) mass is 159 g/mol. The summed E-state index contributed by atoms with van der Waals surface area (Å²) >= 11 is 0. The summed E-state index contributed by atoms with van der Waals surface area (Å²) in [6, 6.07) is -0.130. The van der Waals surface area contributed by atoms with Gasteiger partial charge in [-0.05, 0) is 5.41 Å². The van der Waals surface area contributed by atoms with E-state index in [2.05, 4.69) is 4.74 Å². The molecule has 2 N–H and O–H groups in total. The highest BCUT2D eigenvalue weighted by Crippen LogP contribution is 2.19. The number of nitrogens with two attached hydrogens (primary N) is 1. The lowest BCUT2D eigenvalue weighted by molar-refractivity contribution is -0.141. The molecule has 0 amide bonds. The Morgan fingerprint density at radius 3 is 2.27 bits per heavy atom. The number of hydrogen-bond donors (Lipinski definition) is 1. The van der Waals surface area contributed by atoms with Crippen LogP contribution in [0.15, 0.2) is 0 Å². The molecule has 1 atom stereocenters. The molecule has 66 valence electrons. The molecule has 0 spiro atoms. The molecule has 0 aliphatic rings.